The standard InChI is InChI=1S/C11H9F3N6OS/c12-4-1-2-5(8(14)7(4)13)17-6(21)3-22-11-19-9(15)18-10(16)20-11/h1-2H,3H2,(H,17,21)(H4,15,16,18,19,20). The van der Waals surface area contributed by atoms with E-state index in [0.29, 0.717) is 6.07 Å². The number of nitrogens with one attached hydrogen (secondary N) is 1. The molecule has 0 atom stereocenters. The highest BCUT2D eigenvalue weighted by molar-refractivity contribution is 7.99. The summed E-state index contributed by atoms with van der Waals surface area (Å²) in [6.07, 6.45) is 0. The molecule has 2 rings (SSSR count). The molecule has 0 aliphatic carbocycles. The quantitative estimate of drug-likeness (QED) is 0.569. The summed E-state index contributed by atoms with van der Waals surface area (Å²) in [4.78, 5) is 22.7. The minimum absolute atomic E-state index is 0.103. The number of hydrogen-bond donors (Lipinski definition) is 3. The Morgan fingerprint density at radius 3 is 2.36 bits per heavy atom. The summed E-state index contributed by atoms with van der Waals surface area (Å²) >= 11 is 0.865. The summed E-state index contributed by atoms with van der Waals surface area (Å²) in [7, 11) is 0. The van der Waals surface area contributed by atoms with Crippen molar-refractivity contribution in [3.63, 3.8) is 0 Å². The lowest BCUT2D eigenvalue weighted by Crippen LogP contribution is -2.16. The van der Waals surface area contributed by atoms with Crippen molar-refractivity contribution < 1.29 is 18.0 Å². The van der Waals surface area contributed by atoms with Gasteiger partial charge >= 0.3 is 0 Å². The number of amides is 1. The van der Waals surface area contributed by atoms with E-state index in [4.69, 9.17) is 11.5 Å². The Kier molecular flexibility index (Phi) is 4.65. The Hall–Kier alpha value is -2.56. The van der Waals surface area contributed by atoms with Crippen LogP contribution in [0, 0.1) is 17.5 Å². The van der Waals surface area contributed by atoms with Crippen molar-refractivity contribution in [3.05, 3.63) is 29.6 Å². The molecule has 1 amide bonds. The maximum absolute atomic E-state index is 13.4. The number of nitrogens with two attached hydrogens (primary N) is 2. The van der Waals surface area contributed by atoms with Crippen molar-refractivity contribution >= 4 is 35.3 Å². The van der Waals surface area contributed by atoms with E-state index < -0.39 is 29.0 Å². The van der Waals surface area contributed by atoms with Gasteiger partial charge in [0.2, 0.25) is 17.8 Å². The molecule has 0 aliphatic rings. The molecule has 2 aromatic rings. The van der Waals surface area contributed by atoms with Crippen molar-refractivity contribution in [2.75, 3.05) is 22.5 Å². The molecule has 5 N–H and O–H groups in total. The molecule has 0 spiro atoms. The highest BCUT2D eigenvalue weighted by atomic mass is 32.2. The zero-order valence-corrected chi connectivity index (χ0v) is 11.6. The lowest BCUT2D eigenvalue weighted by molar-refractivity contribution is -0.113. The first-order valence-electron chi connectivity index (χ1n) is 5.70. The molecular formula is C11H9F3N6OS. The second-order valence-corrected chi connectivity index (χ2v) is 4.84. The van der Waals surface area contributed by atoms with Crippen molar-refractivity contribution in [1.29, 1.82) is 0 Å². The molecule has 0 unspecified atom stereocenters. The van der Waals surface area contributed by atoms with Crippen LogP contribution in [-0.2, 0) is 4.79 Å². The Morgan fingerprint density at radius 2 is 1.73 bits per heavy atom. The van der Waals surface area contributed by atoms with Crippen LogP contribution in [0.3, 0.4) is 0 Å². The lowest BCUT2D eigenvalue weighted by atomic mass is 10.3. The SMILES string of the molecule is Nc1nc(N)nc(SCC(=O)Nc2ccc(F)c(F)c2F)n1. The molecule has 116 valence electrons. The molecule has 0 bridgehead atoms. The first-order chi connectivity index (χ1) is 10.4. The number of carbonyl (C=O) groups is 1. The van der Waals surface area contributed by atoms with E-state index in [9.17, 15) is 18.0 Å². The smallest absolute Gasteiger partial charge is 0.234 e. The molecule has 0 radical (unpaired) electrons. The van der Waals surface area contributed by atoms with E-state index in [1.54, 1.807) is 0 Å². The topological polar surface area (TPSA) is 120 Å². The predicted molar refractivity (Wildman–Crippen MR) is 74.3 cm³/mol. The number of hydrogen-bond acceptors (Lipinski definition) is 7. The second-order valence-electron chi connectivity index (χ2n) is 3.89. The van der Waals surface area contributed by atoms with Gasteiger partial charge in [-0.1, -0.05) is 11.8 Å². The molecule has 0 saturated carbocycles. The zero-order valence-electron chi connectivity index (χ0n) is 10.8. The van der Waals surface area contributed by atoms with Gasteiger partial charge in [-0.2, -0.15) is 15.0 Å². The van der Waals surface area contributed by atoms with Crippen LogP contribution in [0.1, 0.15) is 0 Å². The molecule has 1 aromatic heterocycles. The Labute approximate surface area is 126 Å². The molecule has 1 aromatic carbocycles. The van der Waals surface area contributed by atoms with Crippen molar-refractivity contribution in [1.82, 2.24) is 15.0 Å². The van der Waals surface area contributed by atoms with Crippen LogP contribution < -0.4 is 16.8 Å². The largest absolute Gasteiger partial charge is 0.368 e. The van der Waals surface area contributed by atoms with E-state index in [0.717, 1.165) is 17.8 Å². The molecule has 22 heavy (non-hydrogen) atoms. The van der Waals surface area contributed by atoms with E-state index in [-0.39, 0.29) is 22.8 Å². The van der Waals surface area contributed by atoms with Crippen LogP contribution in [0.4, 0.5) is 30.8 Å². The van der Waals surface area contributed by atoms with Crippen LogP contribution in [0.5, 0.6) is 0 Å². The third-order valence-electron chi connectivity index (χ3n) is 2.29. The monoisotopic (exact) mass is 330 g/mol. The van der Waals surface area contributed by atoms with Crippen LogP contribution in [0.2, 0.25) is 0 Å². The molecule has 0 aliphatic heterocycles. The van der Waals surface area contributed by atoms with Crippen LogP contribution in [0.25, 0.3) is 0 Å². The summed E-state index contributed by atoms with van der Waals surface area (Å²) in [5.41, 5.74) is 10.2. The third-order valence-corrected chi connectivity index (χ3v) is 3.14. The van der Waals surface area contributed by atoms with Gasteiger partial charge in [-0.25, -0.2) is 13.2 Å². The van der Waals surface area contributed by atoms with Crippen molar-refractivity contribution in [2.24, 2.45) is 0 Å². The fraction of sp³-hybridized carbons (Fsp3) is 0.0909. The zero-order chi connectivity index (χ0) is 16.3. The summed E-state index contributed by atoms with van der Waals surface area (Å²) < 4.78 is 39.2. The van der Waals surface area contributed by atoms with E-state index in [2.05, 4.69) is 20.3 Å². The molecule has 0 saturated heterocycles. The van der Waals surface area contributed by atoms with Gasteiger partial charge < -0.3 is 16.8 Å². The van der Waals surface area contributed by atoms with Crippen LogP contribution >= 0.6 is 11.8 Å². The molecule has 7 nitrogen and oxygen atoms in total. The first kappa shape index (κ1) is 15.8. The highest BCUT2D eigenvalue weighted by Gasteiger charge is 2.15. The first-order valence-corrected chi connectivity index (χ1v) is 6.68. The number of aromatic nitrogens is 3. The van der Waals surface area contributed by atoms with Gasteiger partial charge in [-0.3, -0.25) is 4.79 Å². The number of anilines is 3. The number of carbonyl (C=O) groups excluding carboxylic acids is 1. The number of nitrogens with zero attached hydrogens (tertiary/aromatic N) is 3. The minimum Gasteiger partial charge on any atom is -0.368 e. The number of thioether (sulfide) groups is 1. The number of rotatable bonds is 4. The molecule has 11 heteroatoms. The highest BCUT2D eigenvalue weighted by Crippen LogP contribution is 2.20. The summed E-state index contributed by atoms with van der Waals surface area (Å²) in [5.74, 6) is -5.60. The average molecular weight is 330 g/mol. The van der Waals surface area contributed by atoms with E-state index >= 15 is 0 Å². The molecular weight excluding hydrogens is 321 g/mol. The Balaban J connectivity index is 2.00. The lowest BCUT2D eigenvalue weighted by Gasteiger charge is -2.07. The fourth-order valence-corrected chi connectivity index (χ4v) is 2.04. The maximum Gasteiger partial charge on any atom is 0.234 e. The summed E-state index contributed by atoms with van der Waals surface area (Å²) in [6.45, 7) is 0. The van der Waals surface area contributed by atoms with Gasteiger partial charge in [-0.05, 0) is 12.1 Å². The predicted octanol–water partition coefficient (Wildman–Crippen LogP) is 1.18. The summed E-state index contributed by atoms with van der Waals surface area (Å²) in [6, 6.07) is 1.61. The van der Waals surface area contributed by atoms with E-state index in [1.807, 2.05) is 0 Å². The molecule has 0 fully saturated rings. The average Bonchev–Trinajstić information content (AvgIpc) is 2.45. The van der Waals surface area contributed by atoms with Gasteiger partial charge in [0.05, 0.1) is 11.4 Å². The third kappa shape index (κ3) is 3.75. The van der Waals surface area contributed by atoms with Gasteiger partial charge in [0.1, 0.15) is 0 Å². The van der Waals surface area contributed by atoms with Gasteiger partial charge in [-0.15, -0.1) is 0 Å². The van der Waals surface area contributed by atoms with Crippen LogP contribution in [0.15, 0.2) is 17.3 Å². The Bertz CT molecular complexity index is 709. The van der Waals surface area contributed by atoms with Crippen LogP contribution in [-0.4, -0.2) is 26.6 Å². The number of benzene rings is 1. The van der Waals surface area contributed by atoms with Gasteiger partial charge in [0.25, 0.3) is 0 Å². The molecule has 1 heterocycles. The Morgan fingerprint density at radius 1 is 1.09 bits per heavy atom. The number of halogens is 3. The maximum atomic E-state index is 13.4. The van der Waals surface area contributed by atoms with Crippen molar-refractivity contribution in [2.45, 2.75) is 5.16 Å². The van der Waals surface area contributed by atoms with E-state index in [1.165, 1.54) is 0 Å². The minimum atomic E-state index is -1.66. The number of nitrogen functional groups attached to an aromatic ring is 2. The normalized spacial score (nSPS) is 10.5. The van der Waals surface area contributed by atoms with Gasteiger partial charge in [0, 0.05) is 0 Å². The van der Waals surface area contributed by atoms with Gasteiger partial charge in [0.15, 0.2) is 22.6 Å². The second kappa shape index (κ2) is 6.47. The fourth-order valence-electron chi connectivity index (χ4n) is 1.39. The van der Waals surface area contributed by atoms with Crippen molar-refractivity contribution in [3.8, 4) is 0 Å². The summed E-state index contributed by atoms with van der Waals surface area (Å²) in [5, 5.41) is 2.21.